The number of carbonyl (C=O) groups excluding carboxylic acids is 1. The summed E-state index contributed by atoms with van der Waals surface area (Å²) in [5.74, 6) is -0.285. The highest BCUT2D eigenvalue weighted by Gasteiger charge is 2.25. The molecule has 1 amide bonds. The maximum Gasteiger partial charge on any atom is 0.256 e. The number of unbranched alkanes of at least 4 members (excludes halogenated alkanes) is 2. The van der Waals surface area contributed by atoms with Crippen LogP contribution in [0.1, 0.15) is 49.4 Å². The van der Waals surface area contributed by atoms with Crippen LogP contribution in [0.4, 0.5) is 5.69 Å². The minimum absolute atomic E-state index is 0.193. The number of nitrogens with zero attached hydrogens (tertiary/aromatic N) is 1. The van der Waals surface area contributed by atoms with Gasteiger partial charge in [0.05, 0.1) is 10.9 Å². The van der Waals surface area contributed by atoms with E-state index in [1.54, 1.807) is 12.3 Å². The third kappa shape index (κ3) is 3.23. The highest BCUT2D eigenvalue weighted by atomic mass is 16.2. The van der Waals surface area contributed by atoms with E-state index in [-0.39, 0.29) is 22.9 Å². The van der Waals surface area contributed by atoms with E-state index in [0.717, 1.165) is 44.2 Å². The van der Waals surface area contributed by atoms with Crippen molar-refractivity contribution < 1.29 is 4.79 Å². The summed E-state index contributed by atoms with van der Waals surface area (Å²) in [5, 5.41) is 3.35. The molecule has 2 aromatic rings. The molecule has 5 heteroatoms. The van der Waals surface area contributed by atoms with Gasteiger partial charge in [0.1, 0.15) is 5.56 Å². The minimum Gasteiger partial charge on any atom is -0.398 e. The van der Waals surface area contributed by atoms with Crippen LogP contribution in [0.3, 0.4) is 0 Å². The number of nitrogens with two attached hydrogens (primary N) is 1. The van der Waals surface area contributed by atoms with Gasteiger partial charge >= 0.3 is 0 Å². The molecule has 3 rings (SSSR count). The second-order valence-corrected chi connectivity index (χ2v) is 6.26. The molecule has 23 heavy (non-hydrogen) atoms. The number of fused-ring (bicyclic) bond motifs is 1. The quantitative estimate of drug-likeness (QED) is 0.636. The molecule has 1 saturated carbocycles. The number of aromatic nitrogens is 1. The molecule has 0 saturated heterocycles. The molecule has 3 N–H and O–H groups in total. The number of carbonyl (C=O) groups is 1. The predicted molar refractivity (Wildman–Crippen MR) is 92.6 cm³/mol. The number of anilines is 1. The van der Waals surface area contributed by atoms with Crippen LogP contribution in [0.25, 0.3) is 10.9 Å². The number of benzene rings is 1. The van der Waals surface area contributed by atoms with Crippen molar-refractivity contribution in [3.8, 4) is 0 Å². The third-order valence-corrected chi connectivity index (χ3v) is 4.30. The Morgan fingerprint density at radius 3 is 2.83 bits per heavy atom. The summed E-state index contributed by atoms with van der Waals surface area (Å²) in [4.78, 5) is 25.1. The number of aryl methyl sites for hydroxylation is 1. The lowest BCUT2D eigenvalue weighted by atomic mass is 10.1. The first-order valence-electron chi connectivity index (χ1n) is 8.34. The average Bonchev–Trinajstić information content (AvgIpc) is 3.33. The Kier molecular flexibility index (Phi) is 4.37. The standard InChI is InChI=1S/C18H23N3O2/c1-2-3-4-10-21-11-13(18(23)20-12-8-9-12)17(22)16-14(19)6-5-7-15(16)21/h5-7,11-12H,2-4,8-10,19H2,1H3,(H,20,23). The van der Waals surface area contributed by atoms with Gasteiger partial charge in [0, 0.05) is 24.5 Å². The van der Waals surface area contributed by atoms with Crippen molar-refractivity contribution in [3.63, 3.8) is 0 Å². The Labute approximate surface area is 135 Å². The monoisotopic (exact) mass is 313 g/mol. The van der Waals surface area contributed by atoms with Gasteiger partial charge in [-0.3, -0.25) is 9.59 Å². The zero-order valence-electron chi connectivity index (χ0n) is 13.5. The maximum absolute atomic E-state index is 12.7. The molecule has 0 bridgehead atoms. The molecule has 1 aromatic carbocycles. The van der Waals surface area contributed by atoms with Gasteiger partial charge in [0.2, 0.25) is 5.43 Å². The molecule has 5 nitrogen and oxygen atoms in total. The second kappa shape index (κ2) is 6.44. The van der Waals surface area contributed by atoms with Crippen LogP contribution < -0.4 is 16.5 Å². The lowest BCUT2D eigenvalue weighted by Crippen LogP contribution is -2.31. The lowest BCUT2D eigenvalue weighted by molar-refractivity contribution is 0.0949. The summed E-state index contributed by atoms with van der Waals surface area (Å²) in [7, 11) is 0. The molecule has 122 valence electrons. The fraction of sp³-hybridized carbons (Fsp3) is 0.444. The van der Waals surface area contributed by atoms with Crippen LogP contribution in [0.15, 0.2) is 29.2 Å². The van der Waals surface area contributed by atoms with E-state index < -0.39 is 0 Å². The average molecular weight is 313 g/mol. The van der Waals surface area contributed by atoms with Crippen molar-refractivity contribution in [3.05, 3.63) is 40.2 Å². The summed E-state index contributed by atoms with van der Waals surface area (Å²) >= 11 is 0. The summed E-state index contributed by atoms with van der Waals surface area (Å²) in [6.07, 6.45) is 6.91. The third-order valence-electron chi connectivity index (χ3n) is 4.30. The fourth-order valence-electron chi connectivity index (χ4n) is 2.83. The van der Waals surface area contributed by atoms with E-state index >= 15 is 0 Å². The topological polar surface area (TPSA) is 77.1 Å². The van der Waals surface area contributed by atoms with Crippen molar-refractivity contribution in [2.45, 2.75) is 51.6 Å². The maximum atomic E-state index is 12.7. The molecule has 1 aliphatic carbocycles. The molecule has 0 spiro atoms. The molecule has 1 fully saturated rings. The smallest absolute Gasteiger partial charge is 0.256 e. The van der Waals surface area contributed by atoms with Crippen molar-refractivity contribution in [2.24, 2.45) is 0 Å². The van der Waals surface area contributed by atoms with E-state index in [1.165, 1.54) is 0 Å². The van der Waals surface area contributed by atoms with E-state index in [1.807, 2.05) is 16.7 Å². The van der Waals surface area contributed by atoms with Gasteiger partial charge < -0.3 is 15.6 Å². The van der Waals surface area contributed by atoms with Gasteiger partial charge in [-0.2, -0.15) is 0 Å². The van der Waals surface area contributed by atoms with E-state index in [2.05, 4.69) is 12.2 Å². The molecule has 1 aliphatic rings. The Morgan fingerprint density at radius 1 is 1.35 bits per heavy atom. The van der Waals surface area contributed by atoms with Crippen LogP contribution in [0, 0.1) is 0 Å². The number of nitrogens with one attached hydrogen (secondary N) is 1. The van der Waals surface area contributed by atoms with Crippen LogP contribution in [0.5, 0.6) is 0 Å². The van der Waals surface area contributed by atoms with Gasteiger partial charge in [-0.25, -0.2) is 0 Å². The first kappa shape index (κ1) is 15.6. The molecular weight excluding hydrogens is 290 g/mol. The Hall–Kier alpha value is -2.30. The second-order valence-electron chi connectivity index (χ2n) is 6.26. The number of nitrogen functional groups attached to an aromatic ring is 1. The molecule has 1 heterocycles. The van der Waals surface area contributed by atoms with E-state index in [4.69, 9.17) is 5.73 Å². The first-order valence-corrected chi connectivity index (χ1v) is 8.34. The van der Waals surface area contributed by atoms with Crippen LogP contribution in [-0.4, -0.2) is 16.5 Å². The largest absolute Gasteiger partial charge is 0.398 e. The van der Waals surface area contributed by atoms with Crippen LogP contribution in [-0.2, 0) is 6.54 Å². The predicted octanol–water partition coefficient (Wildman–Crippen LogP) is 2.67. The van der Waals surface area contributed by atoms with Crippen molar-refractivity contribution in [1.29, 1.82) is 0 Å². The molecule has 1 aromatic heterocycles. The zero-order valence-corrected chi connectivity index (χ0v) is 13.5. The van der Waals surface area contributed by atoms with Gasteiger partial charge in [-0.15, -0.1) is 0 Å². The SMILES string of the molecule is CCCCCn1cc(C(=O)NC2CC2)c(=O)c2c(N)cccc21. The normalized spacial score (nSPS) is 14.1. The summed E-state index contributed by atoms with van der Waals surface area (Å²) in [5.41, 5.74) is 7.17. The van der Waals surface area contributed by atoms with Gasteiger partial charge in [-0.05, 0) is 31.4 Å². The summed E-state index contributed by atoms with van der Waals surface area (Å²) < 4.78 is 1.99. The van der Waals surface area contributed by atoms with Crippen molar-refractivity contribution in [2.75, 3.05) is 5.73 Å². The number of amides is 1. The number of hydrogen-bond donors (Lipinski definition) is 2. The van der Waals surface area contributed by atoms with Crippen molar-refractivity contribution >= 4 is 22.5 Å². The zero-order chi connectivity index (χ0) is 16.4. The fourth-order valence-corrected chi connectivity index (χ4v) is 2.83. The Balaban J connectivity index is 2.08. The lowest BCUT2D eigenvalue weighted by Gasteiger charge is -2.14. The number of pyridine rings is 1. The molecule has 0 aliphatic heterocycles. The minimum atomic E-state index is -0.285. The van der Waals surface area contributed by atoms with Gasteiger partial charge in [0.25, 0.3) is 5.91 Å². The molecule has 0 atom stereocenters. The Morgan fingerprint density at radius 2 is 2.13 bits per heavy atom. The summed E-state index contributed by atoms with van der Waals surface area (Å²) in [6, 6.07) is 5.67. The molecular formula is C18H23N3O2. The van der Waals surface area contributed by atoms with Crippen LogP contribution >= 0.6 is 0 Å². The number of rotatable bonds is 6. The van der Waals surface area contributed by atoms with Gasteiger partial charge in [-0.1, -0.05) is 25.8 Å². The van der Waals surface area contributed by atoms with Crippen LogP contribution in [0.2, 0.25) is 0 Å². The summed E-state index contributed by atoms with van der Waals surface area (Å²) in [6.45, 7) is 2.92. The Bertz CT molecular complexity index is 791. The number of hydrogen-bond acceptors (Lipinski definition) is 3. The van der Waals surface area contributed by atoms with E-state index in [9.17, 15) is 9.59 Å². The first-order chi connectivity index (χ1) is 11.1. The van der Waals surface area contributed by atoms with Crippen molar-refractivity contribution in [1.82, 2.24) is 9.88 Å². The highest BCUT2D eigenvalue weighted by molar-refractivity contribution is 6.00. The van der Waals surface area contributed by atoms with Gasteiger partial charge in [0.15, 0.2) is 0 Å². The van der Waals surface area contributed by atoms with E-state index in [0.29, 0.717) is 11.1 Å². The molecule has 0 radical (unpaired) electrons. The highest BCUT2D eigenvalue weighted by Crippen LogP contribution is 2.21. The molecule has 0 unspecified atom stereocenters.